The van der Waals surface area contributed by atoms with E-state index in [2.05, 4.69) is 5.32 Å². The van der Waals surface area contributed by atoms with Crippen molar-refractivity contribution in [2.24, 2.45) is 0 Å². The van der Waals surface area contributed by atoms with Crippen LogP contribution in [0.3, 0.4) is 0 Å². The van der Waals surface area contributed by atoms with Gasteiger partial charge in [0.15, 0.2) is 0 Å². The van der Waals surface area contributed by atoms with Gasteiger partial charge in [0, 0.05) is 19.3 Å². The first-order valence-electron chi connectivity index (χ1n) is 4.91. The summed E-state index contributed by atoms with van der Waals surface area (Å²) < 4.78 is 0. The van der Waals surface area contributed by atoms with Gasteiger partial charge in [-0.15, -0.1) is 0 Å². The highest BCUT2D eigenvalue weighted by Crippen LogP contribution is 2.13. The van der Waals surface area contributed by atoms with E-state index in [1.807, 2.05) is 6.07 Å². The van der Waals surface area contributed by atoms with Gasteiger partial charge in [0.25, 0.3) is 0 Å². The molecule has 0 aliphatic carbocycles. The number of anilines is 1. The molecule has 0 aromatic heterocycles. The van der Waals surface area contributed by atoms with Gasteiger partial charge in [-0.25, -0.2) is 4.79 Å². The molecule has 0 aliphatic heterocycles. The van der Waals surface area contributed by atoms with Crippen molar-refractivity contribution in [3.63, 3.8) is 0 Å². The number of aliphatic carboxylic acids is 1. The van der Waals surface area contributed by atoms with Crippen LogP contribution >= 0.6 is 0 Å². The molecular formula is C11H14N2O3. The lowest BCUT2D eigenvalue weighted by Crippen LogP contribution is -2.39. The highest BCUT2D eigenvalue weighted by atomic mass is 16.4. The van der Waals surface area contributed by atoms with Gasteiger partial charge < -0.3 is 10.4 Å². The van der Waals surface area contributed by atoms with Crippen LogP contribution in [0.4, 0.5) is 10.5 Å². The number of nitrogens with one attached hydrogen (secondary N) is 1. The third kappa shape index (κ3) is 3.27. The number of hydrogen-bond acceptors (Lipinski definition) is 2. The number of carbonyl (C=O) groups excluding carboxylic acids is 1. The van der Waals surface area contributed by atoms with Crippen LogP contribution in [-0.2, 0) is 4.79 Å². The quantitative estimate of drug-likeness (QED) is 0.806. The van der Waals surface area contributed by atoms with Gasteiger partial charge in [-0.05, 0) is 12.1 Å². The highest BCUT2D eigenvalue weighted by molar-refractivity contribution is 5.92. The van der Waals surface area contributed by atoms with Crippen LogP contribution < -0.4 is 10.2 Å². The van der Waals surface area contributed by atoms with Crippen LogP contribution in [-0.4, -0.2) is 30.7 Å². The Bertz CT molecular complexity index is 365. The molecule has 5 nitrogen and oxygen atoms in total. The molecule has 2 N–H and O–H groups in total. The lowest BCUT2D eigenvalue weighted by molar-refractivity contribution is -0.136. The van der Waals surface area contributed by atoms with Gasteiger partial charge in [-0.3, -0.25) is 9.69 Å². The van der Waals surface area contributed by atoms with Gasteiger partial charge >= 0.3 is 12.0 Å². The maximum Gasteiger partial charge on any atom is 0.321 e. The number of carbonyl (C=O) groups is 2. The van der Waals surface area contributed by atoms with Gasteiger partial charge in [-0.2, -0.15) is 0 Å². The molecule has 2 amide bonds. The highest BCUT2D eigenvalue weighted by Gasteiger charge is 2.14. The lowest BCUT2D eigenvalue weighted by Gasteiger charge is -2.21. The largest absolute Gasteiger partial charge is 0.481 e. The summed E-state index contributed by atoms with van der Waals surface area (Å²) in [7, 11) is 1.51. The summed E-state index contributed by atoms with van der Waals surface area (Å²) in [6, 6.07) is 8.64. The SMILES string of the molecule is CNC(=O)N(CCC(=O)O)c1ccccc1. The number of carboxylic acid groups (broad SMARTS) is 1. The van der Waals surface area contributed by atoms with Crippen molar-refractivity contribution in [3.8, 4) is 0 Å². The summed E-state index contributed by atoms with van der Waals surface area (Å²) in [6.07, 6.45) is -0.0810. The maximum atomic E-state index is 11.5. The first-order chi connectivity index (χ1) is 7.65. The molecule has 1 rings (SSSR count). The molecule has 0 aliphatic rings. The van der Waals surface area contributed by atoms with E-state index in [0.717, 1.165) is 0 Å². The molecule has 5 heteroatoms. The fourth-order valence-electron chi connectivity index (χ4n) is 1.30. The predicted octanol–water partition coefficient (Wildman–Crippen LogP) is 1.31. The van der Waals surface area contributed by atoms with Gasteiger partial charge in [0.2, 0.25) is 0 Å². The summed E-state index contributed by atoms with van der Waals surface area (Å²) in [5.74, 6) is -0.926. The first-order valence-corrected chi connectivity index (χ1v) is 4.91. The summed E-state index contributed by atoms with van der Waals surface area (Å²) in [5.41, 5.74) is 0.683. The minimum Gasteiger partial charge on any atom is -0.481 e. The van der Waals surface area contributed by atoms with Gasteiger partial charge in [-0.1, -0.05) is 18.2 Å². The van der Waals surface area contributed by atoms with E-state index in [9.17, 15) is 9.59 Å². The Morgan fingerprint density at radius 2 is 1.94 bits per heavy atom. The van der Waals surface area contributed by atoms with Crippen LogP contribution in [0.5, 0.6) is 0 Å². The van der Waals surface area contributed by atoms with E-state index in [0.29, 0.717) is 5.69 Å². The third-order valence-corrected chi connectivity index (χ3v) is 2.08. The molecule has 0 saturated carbocycles. The number of hydrogen-bond donors (Lipinski definition) is 2. The van der Waals surface area contributed by atoms with E-state index in [1.54, 1.807) is 24.3 Å². The van der Waals surface area contributed by atoms with Crippen LogP contribution in [0.15, 0.2) is 30.3 Å². The summed E-state index contributed by atoms with van der Waals surface area (Å²) in [5, 5.41) is 11.1. The zero-order valence-corrected chi connectivity index (χ0v) is 9.01. The van der Waals surface area contributed by atoms with Crippen molar-refractivity contribution in [2.45, 2.75) is 6.42 Å². The lowest BCUT2D eigenvalue weighted by atomic mass is 10.3. The number of para-hydroxylation sites is 1. The van der Waals surface area contributed by atoms with E-state index in [-0.39, 0.29) is 19.0 Å². The van der Waals surface area contributed by atoms with E-state index in [1.165, 1.54) is 11.9 Å². The Labute approximate surface area is 93.7 Å². The second-order valence-corrected chi connectivity index (χ2v) is 3.19. The summed E-state index contributed by atoms with van der Waals surface area (Å²) >= 11 is 0. The van der Waals surface area contributed by atoms with Crippen molar-refractivity contribution in [1.29, 1.82) is 0 Å². The second-order valence-electron chi connectivity index (χ2n) is 3.19. The molecule has 0 radical (unpaired) electrons. The molecule has 0 spiro atoms. The smallest absolute Gasteiger partial charge is 0.321 e. The van der Waals surface area contributed by atoms with Gasteiger partial charge in [0.05, 0.1) is 6.42 Å². The fourth-order valence-corrected chi connectivity index (χ4v) is 1.30. The molecule has 0 atom stereocenters. The Morgan fingerprint density at radius 3 is 2.44 bits per heavy atom. The summed E-state index contributed by atoms with van der Waals surface area (Å²) in [4.78, 5) is 23.4. The fraction of sp³-hybridized carbons (Fsp3) is 0.273. The Balaban J connectivity index is 2.79. The Morgan fingerprint density at radius 1 is 1.31 bits per heavy atom. The van der Waals surface area contributed by atoms with Crippen molar-refractivity contribution < 1.29 is 14.7 Å². The molecule has 0 bridgehead atoms. The standard InChI is InChI=1S/C11H14N2O3/c1-12-11(16)13(8-7-10(14)15)9-5-3-2-4-6-9/h2-6H,7-8H2,1H3,(H,12,16)(H,14,15). The number of urea groups is 1. The first kappa shape index (κ1) is 12.0. The van der Waals surface area contributed by atoms with Crippen LogP contribution in [0.2, 0.25) is 0 Å². The van der Waals surface area contributed by atoms with E-state index in [4.69, 9.17) is 5.11 Å². The number of benzene rings is 1. The topological polar surface area (TPSA) is 69.6 Å². The number of nitrogens with zero attached hydrogens (tertiary/aromatic N) is 1. The number of amides is 2. The van der Waals surface area contributed by atoms with Crippen LogP contribution in [0.25, 0.3) is 0 Å². The second kappa shape index (κ2) is 5.75. The van der Waals surface area contributed by atoms with Gasteiger partial charge in [0.1, 0.15) is 0 Å². The van der Waals surface area contributed by atoms with Crippen molar-refractivity contribution in [3.05, 3.63) is 30.3 Å². The minimum atomic E-state index is -0.926. The zero-order chi connectivity index (χ0) is 12.0. The average molecular weight is 222 g/mol. The Kier molecular flexibility index (Phi) is 4.32. The van der Waals surface area contributed by atoms with E-state index < -0.39 is 5.97 Å². The number of rotatable bonds is 4. The minimum absolute atomic E-state index is 0.0810. The van der Waals surface area contributed by atoms with E-state index >= 15 is 0 Å². The molecule has 86 valence electrons. The van der Waals surface area contributed by atoms with Crippen molar-refractivity contribution in [1.82, 2.24) is 5.32 Å². The molecule has 1 aromatic carbocycles. The van der Waals surface area contributed by atoms with Crippen molar-refractivity contribution in [2.75, 3.05) is 18.5 Å². The normalized spacial score (nSPS) is 9.56. The molecule has 0 fully saturated rings. The van der Waals surface area contributed by atoms with Crippen LogP contribution in [0, 0.1) is 0 Å². The predicted molar refractivity (Wildman–Crippen MR) is 60.5 cm³/mol. The molecule has 16 heavy (non-hydrogen) atoms. The molecule has 0 heterocycles. The van der Waals surface area contributed by atoms with Crippen LogP contribution in [0.1, 0.15) is 6.42 Å². The molecule has 0 saturated heterocycles. The third-order valence-electron chi connectivity index (χ3n) is 2.08. The Hall–Kier alpha value is -2.04. The average Bonchev–Trinajstić information content (AvgIpc) is 2.30. The van der Waals surface area contributed by atoms with Crippen molar-refractivity contribution >= 4 is 17.7 Å². The molecular weight excluding hydrogens is 208 g/mol. The molecule has 0 unspecified atom stereocenters. The zero-order valence-electron chi connectivity index (χ0n) is 9.01. The monoisotopic (exact) mass is 222 g/mol. The maximum absolute atomic E-state index is 11.5. The number of carboxylic acids is 1. The molecule has 1 aromatic rings. The summed E-state index contributed by atoms with van der Waals surface area (Å²) in [6.45, 7) is 0.152.